The van der Waals surface area contributed by atoms with Crippen LogP contribution in [0.25, 0.3) is 0 Å². The minimum Gasteiger partial charge on any atom is -0.508 e. The van der Waals surface area contributed by atoms with Gasteiger partial charge in [-0.05, 0) is 24.3 Å². The molecule has 0 spiro atoms. The monoisotopic (exact) mass is 170 g/mol. The summed E-state index contributed by atoms with van der Waals surface area (Å²) in [5.74, 6) is 0.856. The van der Waals surface area contributed by atoms with Crippen molar-refractivity contribution >= 4 is 0 Å². The van der Waals surface area contributed by atoms with E-state index in [1.165, 1.54) is 12.1 Å². The molecule has 2 nitrogen and oxygen atoms in total. The molecule has 0 aliphatic heterocycles. The SMILES string of the molecule is Oc1ccc(OCCCF)cc1. The number of hydrogen-bond donors (Lipinski definition) is 1. The van der Waals surface area contributed by atoms with Crippen LogP contribution in [0.4, 0.5) is 4.39 Å². The van der Waals surface area contributed by atoms with Crippen molar-refractivity contribution in [1.29, 1.82) is 0 Å². The first-order valence-electron chi connectivity index (χ1n) is 3.81. The van der Waals surface area contributed by atoms with Gasteiger partial charge in [0.25, 0.3) is 0 Å². The lowest BCUT2D eigenvalue weighted by molar-refractivity contribution is 0.289. The Morgan fingerprint density at radius 2 is 1.92 bits per heavy atom. The molecule has 0 heterocycles. The van der Waals surface area contributed by atoms with E-state index in [1.807, 2.05) is 0 Å². The normalized spacial score (nSPS) is 9.75. The molecule has 0 unspecified atom stereocenters. The summed E-state index contributed by atoms with van der Waals surface area (Å²) in [5.41, 5.74) is 0. The highest BCUT2D eigenvalue weighted by Gasteiger charge is 1.92. The third-order valence-electron chi connectivity index (χ3n) is 1.38. The lowest BCUT2D eigenvalue weighted by Gasteiger charge is -2.03. The zero-order chi connectivity index (χ0) is 8.81. The second-order valence-electron chi connectivity index (χ2n) is 2.38. The summed E-state index contributed by atoms with van der Waals surface area (Å²) in [7, 11) is 0. The molecule has 0 amide bonds. The number of aromatic hydroxyl groups is 1. The van der Waals surface area contributed by atoms with Crippen LogP contribution in [0.2, 0.25) is 0 Å². The molecule has 0 bridgehead atoms. The molecule has 1 aromatic rings. The van der Waals surface area contributed by atoms with Crippen LogP contribution in [-0.4, -0.2) is 18.4 Å². The minimum absolute atomic E-state index is 0.202. The average Bonchev–Trinajstić information content (AvgIpc) is 2.09. The van der Waals surface area contributed by atoms with Gasteiger partial charge < -0.3 is 9.84 Å². The highest BCUT2D eigenvalue weighted by molar-refractivity contribution is 5.29. The maximum absolute atomic E-state index is 11.6. The Bertz CT molecular complexity index is 220. The van der Waals surface area contributed by atoms with Crippen molar-refractivity contribution in [3.8, 4) is 11.5 Å². The van der Waals surface area contributed by atoms with Gasteiger partial charge in [-0.2, -0.15) is 0 Å². The van der Waals surface area contributed by atoms with Crippen molar-refractivity contribution in [2.75, 3.05) is 13.3 Å². The third-order valence-corrected chi connectivity index (χ3v) is 1.38. The van der Waals surface area contributed by atoms with Gasteiger partial charge in [0.05, 0.1) is 13.3 Å². The minimum atomic E-state index is -0.363. The maximum atomic E-state index is 11.6. The van der Waals surface area contributed by atoms with Crippen LogP contribution >= 0.6 is 0 Å². The number of phenols is 1. The van der Waals surface area contributed by atoms with Crippen LogP contribution < -0.4 is 4.74 Å². The van der Waals surface area contributed by atoms with Crippen LogP contribution in [0.15, 0.2) is 24.3 Å². The van der Waals surface area contributed by atoms with Crippen LogP contribution in [0.1, 0.15) is 6.42 Å². The van der Waals surface area contributed by atoms with Gasteiger partial charge in [-0.1, -0.05) is 0 Å². The Morgan fingerprint density at radius 3 is 2.50 bits per heavy atom. The standard InChI is InChI=1S/C9H11FO2/c10-6-1-7-12-9-4-2-8(11)3-5-9/h2-5,11H,1,6-7H2. The largest absolute Gasteiger partial charge is 0.508 e. The molecule has 0 aromatic heterocycles. The summed E-state index contributed by atoms with van der Waals surface area (Å²) >= 11 is 0. The van der Waals surface area contributed by atoms with Gasteiger partial charge in [0.15, 0.2) is 0 Å². The van der Waals surface area contributed by atoms with Gasteiger partial charge in [0.1, 0.15) is 11.5 Å². The molecule has 1 N–H and O–H groups in total. The van der Waals surface area contributed by atoms with E-state index in [0.717, 1.165) is 0 Å². The number of alkyl halides is 1. The Morgan fingerprint density at radius 1 is 1.25 bits per heavy atom. The fourth-order valence-corrected chi connectivity index (χ4v) is 0.787. The maximum Gasteiger partial charge on any atom is 0.119 e. The van der Waals surface area contributed by atoms with Crippen LogP contribution in [-0.2, 0) is 0 Å². The highest BCUT2D eigenvalue weighted by Crippen LogP contribution is 2.15. The highest BCUT2D eigenvalue weighted by atomic mass is 19.1. The van der Waals surface area contributed by atoms with E-state index in [1.54, 1.807) is 12.1 Å². The fraction of sp³-hybridized carbons (Fsp3) is 0.333. The summed E-state index contributed by atoms with van der Waals surface area (Å²) in [6.07, 6.45) is 0.404. The summed E-state index contributed by atoms with van der Waals surface area (Å²) in [6, 6.07) is 6.36. The predicted molar refractivity (Wildman–Crippen MR) is 44.2 cm³/mol. The number of phenolic OH excluding ortho intramolecular Hbond substituents is 1. The molecule has 12 heavy (non-hydrogen) atoms. The van der Waals surface area contributed by atoms with E-state index in [9.17, 15) is 4.39 Å². The van der Waals surface area contributed by atoms with Crippen molar-refractivity contribution in [1.82, 2.24) is 0 Å². The van der Waals surface area contributed by atoms with Crippen molar-refractivity contribution in [2.24, 2.45) is 0 Å². The molecule has 0 saturated heterocycles. The Labute approximate surface area is 70.6 Å². The van der Waals surface area contributed by atoms with Crippen molar-refractivity contribution in [3.05, 3.63) is 24.3 Å². The molecule has 0 fully saturated rings. The van der Waals surface area contributed by atoms with Gasteiger partial charge in [0.2, 0.25) is 0 Å². The second kappa shape index (κ2) is 4.59. The van der Waals surface area contributed by atoms with Crippen molar-refractivity contribution < 1.29 is 14.2 Å². The molecule has 3 heteroatoms. The van der Waals surface area contributed by atoms with E-state index in [2.05, 4.69) is 0 Å². The van der Waals surface area contributed by atoms with Gasteiger partial charge >= 0.3 is 0 Å². The molecule has 0 aliphatic carbocycles. The molecular formula is C9H11FO2. The molecular weight excluding hydrogens is 159 g/mol. The summed E-state index contributed by atoms with van der Waals surface area (Å²) in [5, 5.41) is 8.91. The van der Waals surface area contributed by atoms with Crippen LogP contribution in [0, 0.1) is 0 Å². The van der Waals surface area contributed by atoms with Crippen molar-refractivity contribution in [2.45, 2.75) is 6.42 Å². The zero-order valence-electron chi connectivity index (χ0n) is 6.66. The first kappa shape index (κ1) is 8.84. The summed E-state index contributed by atoms with van der Waals surface area (Å²) in [4.78, 5) is 0. The fourth-order valence-electron chi connectivity index (χ4n) is 0.787. The Balaban J connectivity index is 2.37. The summed E-state index contributed by atoms with van der Waals surface area (Å²) in [6.45, 7) is 0.0133. The molecule has 0 saturated carbocycles. The lowest BCUT2D eigenvalue weighted by atomic mass is 10.3. The predicted octanol–water partition coefficient (Wildman–Crippen LogP) is 2.13. The van der Waals surface area contributed by atoms with E-state index < -0.39 is 0 Å². The van der Waals surface area contributed by atoms with Crippen LogP contribution in [0.3, 0.4) is 0 Å². The van der Waals surface area contributed by atoms with E-state index >= 15 is 0 Å². The van der Waals surface area contributed by atoms with E-state index in [-0.39, 0.29) is 12.4 Å². The van der Waals surface area contributed by atoms with Crippen LogP contribution in [0.5, 0.6) is 11.5 Å². The molecule has 66 valence electrons. The summed E-state index contributed by atoms with van der Waals surface area (Å²) < 4.78 is 16.8. The smallest absolute Gasteiger partial charge is 0.119 e. The van der Waals surface area contributed by atoms with E-state index in [0.29, 0.717) is 18.8 Å². The lowest BCUT2D eigenvalue weighted by Crippen LogP contribution is -1.97. The second-order valence-corrected chi connectivity index (χ2v) is 2.38. The topological polar surface area (TPSA) is 29.5 Å². The first-order valence-corrected chi connectivity index (χ1v) is 3.81. The molecule has 0 aliphatic rings. The number of hydrogen-bond acceptors (Lipinski definition) is 2. The third kappa shape index (κ3) is 2.78. The van der Waals surface area contributed by atoms with Gasteiger partial charge in [-0.3, -0.25) is 4.39 Å². The number of benzene rings is 1. The number of ether oxygens (including phenoxy) is 1. The van der Waals surface area contributed by atoms with Gasteiger partial charge in [-0.25, -0.2) is 0 Å². The molecule has 1 aromatic carbocycles. The van der Waals surface area contributed by atoms with Gasteiger partial charge in [-0.15, -0.1) is 0 Å². The molecule has 1 rings (SSSR count). The zero-order valence-corrected chi connectivity index (χ0v) is 6.66. The Kier molecular flexibility index (Phi) is 3.38. The van der Waals surface area contributed by atoms with E-state index in [4.69, 9.17) is 9.84 Å². The van der Waals surface area contributed by atoms with Gasteiger partial charge in [0, 0.05) is 6.42 Å². The van der Waals surface area contributed by atoms with Crippen molar-refractivity contribution in [3.63, 3.8) is 0 Å². The number of rotatable bonds is 4. The molecule has 0 radical (unpaired) electrons. The number of halogens is 1. The first-order chi connectivity index (χ1) is 5.83. The average molecular weight is 170 g/mol. The quantitative estimate of drug-likeness (QED) is 0.701. The molecule has 0 atom stereocenters. The Hall–Kier alpha value is -1.25.